The molecule has 4 nitrogen and oxygen atoms in total. The van der Waals surface area contributed by atoms with E-state index < -0.39 is 11.9 Å². The van der Waals surface area contributed by atoms with Gasteiger partial charge in [0.15, 0.2) is 5.69 Å². The van der Waals surface area contributed by atoms with Gasteiger partial charge in [0, 0.05) is 18.4 Å². The lowest BCUT2D eigenvalue weighted by atomic mass is 10.1. The molecule has 1 heterocycles. The molecular formula is C20H18F3N3O. The molecule has 3 aromatic rings. The molecule has 3 rings (SSSR count). The standard InChI is InChI=1S/C20H18F3N3O/c21-20(22,23)18-12-13-25(24-18)15-19(27)26(17-9-5-2-6-10-17)14-11-16-7-3-1-4-8-16/h1-10,12-13H,11,14-15H2. The Kier molecular flexibility index (Phi) is 5.59. The molecule has 0 aliphatic heterocycles. The molecule has 0 bridgehead atoms. The molecule has 7 heteroatoms. The zero-order valence-electron chi connectivity index (χ0n) is 14.4. The molecule has 0 fully saturated rings. The van der Waals surface area contributed by atoms with E-state index in [0.29, 0.717) is 18.7 Å². The fourth-order valence-corrected chi connectivity index (χ4v) is 2.72. The van der Waals surface area contributed by atoms with E-state index in [9.17, 15) is 18.0 Å². The Morgan fingerprint density at radius 3 is 2.19 bits per heavy atom. The van der Waals surface area contributed by atoms with Crippen LogP contribution in [0.4, 0.5) is 18.9 Å². The topological polar surface area (TPSA) is 38.1 Å². The highest BCUT2D eigenvalue weighted by molar-refractivity contribution is 5.93. The highest BCUT2D eigenvalue weighted by Gasteiger charge is 2.33. The van der Waals surface area contributed by atoms with Crippen molar-refractivity contribution in [3.8, 4) is 0 Å². The number of rotatable bonds is 6. The third-order valence-electron chi connectivity index (χ3n) is 4.06. The van der Waals surface area contributed by atoms with Gasteiger partial charge in [-0.3, -0.25) is 9.48 Å². The maximum Gasteiger partial charge on any atom is 0.435 e. The maximum atomic E-state index is 12.8. The van der Waals surface area contributed by atoms with Crippen LogP contribution in [0.2, 0.25) is 0 Å². The van der Waals surface area contributed by atoms with Crippen LogP contribution in [0.5, 0.6) is 0 Å². The minimum atomic E-state index is -4.53. The summed E-state index contributed by atoms with van der Waals surface area (Å²) in [5.41, 5.74) is 0.761. The summed E-state index contributed by atoms with van der Waals surface area (Å²) < 4.78 is 39.1. The van der Waals surface area contributed by atoms with Crippen LogP contribution in [0.25, 0.3) is 0 Å². The van der Waals surface area contributed by atoms with Gasteiger partial charge in [0.2, 0.25) is 5.91 Å². The van der Waals surface area contributed by atoms with Gasteiger partial charge >= 0.3 is 6.18 Å². The van der Waals surface area contributed by atoms with Crippen molar-refractivity contribution in [1.29, 1.82) is 0 Å². The number of hydrogen-bond donors (Lipinski definition) is 0. The van der Waals surface area contributed by atoms with Crippen molar-refractivity contribution >= 4 is 11.6 Å². The van der Waals surface area contributed by atoms with E-state index in [4.69, 9.17) is 0 Å². The summed E-state index contributed by atoms with van der Waals surface area (Å²) in [6.07, 6.45) is -2.73. The van der Waals surface area contributed by atoms with Crippen LogP contribution in [-0.4, -0.2) is 22.2 Å². The van der Waals surface area contributed by atoms with Crippen LogP contribution in [0, 0.1) is 0 Å². The van der Waals surface area contributed by atoms with E-state index in [2.05, 4.69) is 5.10 Å². The minimum absolute atomic E-state index is 0.264. The van der Waals surface area contributed by atoms with Crippen molar-refractivity contribution < 1.29 is 18.0 Å². The number of halogens is 3. The third kappa shape index (κ3) is 4.97. The molecule has 0 radical (unpaired) electrons. The fourth-order valence-electron chi connectivity index (χ4n) is 2.72. The fraction of sp³-hybridized carbons (Fsp3) is 0.200. The second-order valence-corrected chi connectivity index (χ2v) is 6.01. The highest BCUT2D eigenvalue weighted by atomic mass is 19.4. The van der Waals surface area contributed by atoms with Crippen LogP contribution in [0.15, 0.2) is 72.9 Å². The summed E-state index contributed by atoms with van der Waals surface area (Å²) in [6, 6.07) is 19.6. The first-order chi connectivity index (χ1) is 12.9. The second kappa shape index (κ2) is 8.07. The Hall–Kier alpha value is -3.09. The molecule has 0 atom stereocenters. The van der Waals surface area contributed by atoms with Gasteiger partial charge in [0.25, 0.3) is 0 Å². The maximum absolute atomic E-state index is 12.8. The van der Waals surface area contributed by atoms with Crippen molar-refractivity contribution in [2.45, 2.75) is 19.1 Å². The predicted octanol–water partition coefficient (Wildman–Crippen LogP) is 4.18. The normalized spacial score (nSPS) is 11.4. The number of alkyl halides is 3. The van der Waals surface area contributed by atoms with E-state index in [1.807, 2.05) is 48.5 Å². The van der Waals surface area contributed by atoms with Gasteiger partial charge in [-0.05, 0) is 30.2 Å². The first kappa shape index (κ1) is 18.7. The van der Waals surface area contributed by atoms with Crippen LogP contribution >= 0.6 is 0 Å². The molecule has 27 heavy (non-hydrogen) atoms. The number of carbonyl (C=O) groups is 1. The first-order valence-corrected chi connectivity index (χ1v) is 8.43. The summed E-state index contributed by atoms with van der Waals surface area (Å²) in [6.45, 7) is 0.153. The molecule has 0 aliphatic rings. The SMILES string of the molecule is O=C(Cn1ccc(C(F)(F)F)n1)N(CCc1ccccc1)c1ccccc1. The van der Waals surface area contributed by atoms with Crippen LogP contribution in [0.1, 0.15) is 11.3 Å². The number of nitrogens with zero attached hydrogens (tertiary/aromatic N) is 3. The van der Waals surface area contributed by atoms with Crippen LogP contribution < -0.4 is 4.90 Å². The predicted molar refractivity (Wildman–Crippen MR) is 96.2 cm³/mol. The molecule has 0 saturated heterocycles. The van der Waals surface area contributed by atoms with Gasteiger partial charge in [-0.15, -0.1) is 0 Å². The number of para-hydroxylation sites is 1. The molecule has 0 N–H and O–H groups in total. The number of benzene rings is 2. The summed E-state index contributed by atoms with van der Waals surface area (Å²) in [7, 11) is 0. The lowest BCUT2D eigenvalue weighted by Gasteiger charge is -2.23. The highest BCUT2D eigenvalue weighted by Crippen LogP contribution is 2.27. The van der Waals surface area contributed by atoms with Crippen molar-refractivity contribution in [3.05, 3.63) is 84.2 Å². The minimum Gasteiger partial charge on any atom is -0.310 e. The Morgan fingerprint density at radius 2 is 1.59 bits per heavy atom. The molecule has 0 spiro atoms. The summed E-state index contributed by atoms with van der Waals surface area (Å²) in [5, 5.41) is 3.46. The van der Waals surface area contributed by atoms with Crippen LogP contribution in [-0.2, 0) is 23.9 Å². The van der Waals surface area contributed by atoms with Crippen molar-refractivity contribution in [2.75, 3.05) is 11.4 Å². The summed E-state index contributed by atoms with van der Waals surface area (Å²) in [4.78, 5) is 14.3. The molecule has 0 aliphatic carbocycles. The van der Waals surface area contributed by atoms with Crippen molar-refractivity contribution in [3.63, 3.8) is 0 Å². The van der Waals surface area contributed by atoms with E-state index in [1.54, 1.807) is 17.0 Å². The Balaban J connectivity index is 1.75. The molecule has 0 saturated carbocycles. The van der Waals surface area contributed by atoms with Gasteiger partial charge < -0.3 is 4.90 Å². The zero-order chi connectivity index (χ0) is 19.3. The molecular weight excluding hydrogens is 355 g/mol. The van der Waals surface area contributed by atoms with Gasteiger partial charge in [-0.2, -0.15) is 18.3 Å². The number of carbonyl (C=O) groups excluding carboxylic acids is 1. The Morgan fingerprint density at radius 1 is 0.963 bits per heavy atom. The largest absolute Gasteiger partial charge is 0.435 e. The number of aromatic nitrogens is 2. The Bertz CT molecular complexity index is 876. The van der Waals surface area contributed by atoms with Gasteiger partial charge in [0.05, 0.1) is 0 Å². The van der Waals surface area contributed by atoms with Gasteiger partial charge in [-0.1, -0.05) is 48.5 Å². The molecule has 0 unspecified atom stereocenters. The summed E-state index contributed by atoms with van der Waals surface area (Å²) >= 11 is 0. The van der Waals surface area contributed by atoms with E-state index in [1.165, 1.54) is 6.20 Å². The van der Waals surface area contributed by atoms with Crippen molar-refractivity contribution in [1.82, 2.24) is 9.78 Å². The molecule has 1 amide bonds. The van der Waals surface area contributed by atoms with Crippen molar-refractivity contribution in [2.24, 2.45) is 0 Å². The van der Waals surface area contributed by atoms with Gasteiger partial charge in [-0.25, -0.2) is 0 Å². The quantitative estimate of drug-likeness (QED) is 0.650. The van der Waals surface area contributed by atoms with E-state index in [0.717, 1.165) is 16.3 Å². The smallest absolute Gasteiger partial charge is 0.310 e. The third-order valence-corrected chi connectivity index (χ3v) is 4.06. The Labute approximate surface area is 154 Å². The average Bonchev–Trinajstić information content (AvgIpc) is 3.12. The zero-order valence-corrected chi connectivity index (χ0v) is 14.4. The van der Waals surface area contributed by atoms with Crippen LogP contribution in [0.3, 0.4) is 0 Å². The monoisotopic (exact) mass is 373 g/mol. The average molecular weight is 373 g/mol. The molecule has 1 aromatic heterocycles. The van der Waals surface area contributed by atoms with E-state index >= 15 is 0 Å². The number of amides is 1. The lowest BCUT2D eigenvalue weighted by molar-refractivity contribution is -0.141. The van der Waals surface area contributed by atoms with E-state index in [-0.39, 0.29) is 12.5 Å². The molecule has 2 aromatic carbocycles. The van der Waals surface area contributed by atoms with Gasteiger partial charge in [0.1, 0.15) is 6.54 Å². The summed E-state index contributed by atoms with van der Waals surface area (Å²) in [5.74, 6) is -0.325. The molecule has 140 valence electrons. The first-order valence-electron chi connectivity index (χ1n) is 8.43. The number of anilines is 1. The second-order valence-electron chi connectivity index (χ2n) is 6.01. The number of hydrogen-bond acceptors (Lipinski definition) is 2. The lowest BCUT2D eigenvalue weighted by Crippen LogP contribution is -2.35.